The molecule has 5 atom stereocenters. The van der Waals surface area contributed by atoms with Crippen molar-refractivity contribution in [3.05, 3.63) is 0 Å². The first-order valence-electron chi connectivity index (χ1n) is 10.6. The zero-order chi connectivity index (χ0) is 22.7. The van der Waals surface area contributed by atoms with Crippen LogP contribution in [0.2, 0.25) is 0 Å². The summed E-state index contributed by atoms with van der Waals surface area (Å²) in [5, 5.41) is 27.7. The number of hydrogen-bond donors (Lipinski definition) is 7. The molecule has 1 aliphatic heterocycles. The van der Waals surface area contributed by atoms with Gasteiger partial charge in [0, 0.05) is 12.1 Å². The Morgan fingerprint density at radius 2 is 1.27 bits per heavy atom. The Labute approximate surface area is 177 Å². The number of rotatable bonds is 3. The number of phosphoric ester groups is 1. The number of phosphoric acid groups is 1. The van der Waals surface area contributed by atoms with E-state index in [4.69, 9.17) is 21.3 Å². The van der Waals surface area contributed by atoms with Crippen molar-refractivity contribution in [2.75, 3.05) is 6.67 Å². The van der Waals surface area contributed by atoms with Gasteiger partial charge in [-0.25, -0.2) is 8.96 Å². The minimum absolute atomic E-state index is 0.536. The minimum Gasteiger partial charge on any atom is -0.387 e. The van der Waals surface area contributed by atoms with Crippen LogP contribution in [0.5, 0.6) is 0 Å². The molecule has 0 aromatic rings. The predicted molar refractivity (Wildman–Crippen MR) is 108 cm³/mol. The largest absolute Gasteiger partial charge is 0.472 e. The number of alkyl halides is 1. The summed E-state index contributed by atoms with van der Waals surface area (Å²) in [6, 6.07) is 1.07. The highest BCUT2D eigenvalue weighted by Crippen LogP contribution is 2.40. The molecule has 0 amide bonds. The van der Waals surface area contributed by atoms with E-state index in [9.17, 15) is 24.3 Å². The highest BCUT2D eigenvalue weighted by atomic mass is 31.2. The molecule has 3 fully saturated rings. The molecule has 9 N–H and O–H groups in total. The molecule has 10 nitrogen and oxygen atoms in total. The Kier molecular flexibility index (Phi) is 13.0. The zero-order valence-electron chi connectivity index (χ0n) is 17.3. The Morgan fingerprint density at radius 1 is 0.833 bits per heavy atom. The first-order valence-corrected chi connectivity index (χ1v) is 12.1. The summed E-state index contributed by atoms with van der Waals surface area (Å²) < 4.78 is 31.3. The third kappa shape index (κ3) is 10.9. The standard InChI is InChI=1S/C6H12FO8P.2C6H13N/c7-1-2-3(8)4(9)5(10)6(14-2)15-16(11,12)13;2*7-6-4-2-1-3-5-6/h2-6,8-10H,1H2,(H2,11,12,13);2*6H,1-5,7H2/t2-,3+,4+,5-,6?;;/m0../s1. The fourth-order valence-corrected chi connectivity index (χ4v) is 3.98. The lowest BCUT2D eigenvalue weighted by Crippen LogP contribution is -2.58. The van der Waals surface area contributed by atoms with Crippen molar-refractivity contribution in [2.45, 2.75) is 107 Å². The van der Waals surface area contributed by atoms with Gasteiger partial charge in [-0.2, -0.15) is 0 Å². The minimum atomic E-state index is -4.95. The molecule has 0 bridgehead atoms. The van der Waals surface area contributed by atoms with E-state index in [0.717, 1.165) is 0 Å². The topological polar surface area (TPSA) is 189 Å². The maximum absolute atomic E-state index is 12.3. The lowest BCUT2D eigenvalue weighted by Gasteiger charge is -2.38. The Balaban J connectivity index is 0.000000263. The van der Waals surface area contributed by atoms with Crippen molar-refractivity contribution in [3.63, 3.8) is 0 Å². The van der Waals surface area contributed by atoms with E-state index in [2.05, 4.69) is 9.26 Å². The second-order valence-electron chi connectivity index (χ2n) is 8.06. The van der Waals surface area contributed by atoms with Crippen LogP contribution in [0.4, 0.5) is 4.39 Å². The maximum Gasteiger partial charge on any atom is 0.472 e. The van der Waals surface area contributed by atoms with E-state index >= 15 is 0 Å². The van der Waals surface area contributed by atoms with Gasteiger partial charge in [0.05, 0.1) is 0 Å². The Hall–Kier alpha value is -0.200. The highest BCUT2D eigenvalue weighted by molar-refractivity contribution is 7.46. The summed E-state index contributed by atoms with van der Waals surface area (Å²) in [5.74, 6) is 0. The number of aliphatic hydroxyl groups excluding tert-OH is 3. The molecule has 12 heteroatoms. The average molecular weight is 460 g/mol. The lowest BCUT2D eigenvalue weighted by molar-refractivity contribution is -0.277. The van der Waals surface area contributed by atoms with Gasteiger partial charge >= 0.3 is 7.82 Å². The molecule has 2 aliphatic carbocycles. The van der Waals surface area contributed by atoms with E-state index in [1.54, 1.807) is 0 Å². The van der Waals surface area contributed by atoms with Crippen molar-refractivity contribution in [2.24, 2.45) is 11.5 Å². The van der Waals surface area contributed by atoms with Crippen LogP contribution in [-0.2, 0) is 13.8 Å². The lowest BCUT2D eigenvalue weighted by atomic mass is 9.97. The van der Waals surface area contributed by atoms with Gasteiger partial charge in [0.25, 0.3) is 0 Å². The van der Waals surface area contributed by atoms with Gasteiger partial charge in [0.1, 0.15) is 31.1 Å². The van der Waals surface area contributed by atoms with Gasteiger partial charge in [-0.15, -0.1) is 0 Å². The monoisotopic (exact) mass is 460 g/mol. The Bertz CT molecular complexity index is 485. The van der Waals surface area contributed by atoms with Gasteiger partial charge in [0.15, 0.2) is 6.29 Å². The summed E-state index contributed by atoms with van der Waals surface area (Å²) >= 11 is 0. The predicted octanol–water partition coefficient (Wildman–Crippen LogP) is 0.428. The highest BCUT2D eigenvalue weighted by Gasteiger charge is 2.46. The molecular weight excluding hydrogens is 422 g/mol. The van der Waals surface area contributed by atoms with Gasteiger partial charge in [0.2, 0.25) is 0 Å². The number of halogens is 1. The van der Waals surface area contributed by atoms with Crippen LogP contribution < -0.4 is 11.5 Å². The normalized spacial score (nSPS) is 33.7. The second kappa shape index (κ2) is 14.1. The van der Waals surface area contributed by atoms with Crippen molar-refractivity contribution < 1.29 is 43.3 Å². The molecule has 0 radical (unpaired) electrons. The fourth-order valence-electron chi connectivity index (χ4n) is 3.53. The Morgan fingerprint density at radius 3 is 1.57 bits per heavy atom. The summed E-state index contributed by atoms with van der Waals surface area (Å²) in [7, 11) is -4.95. The summed E-state index contributed by atoms with van der Waals surface area (Å²) in [4.78, 5) is 16.9. The van der Waals surface area contributed by atoms with E-state index < -0.39 is 45.2 Å². The zero-order valence-corrected chi connectivity index (χ0v) is 18.2. The number of aliphatic hydroxyl groups is 3. The van der Waals surface area contributed by atoms with Crippen molar-refractivity contribution >= 4 is 7.82 Å². The van der Waals surface area contributed by atoms with E-state index in [1.165, 1.54) is 64.2 Å². The number of nitrogens with two attached hydrogens (primary N) is 2. The average Bonchev–Trinajstić information content (AvgIpc) is 2.70. The van der Waals surface area contributed by atoms with Crippen molar-refractivity contribution in [3.8, 4) is 0 Å². The maximum atomic E-state index is 12.3. The molecule has 3 rings (SSSR count). The molecule has 1 heterocycles. The van der Waals surface area contributed by atoms with E-state index in [-0.39, 0.29) is 0 Å². The molecule has 1 unspecified atom stereocenters. The third-order valence-corrected chi connectivity index (χ3v) is 5.84. The molecule has 0 aromatic heterocycles. The van der Waals surface area contributed by atoms with Crippen LogP contribution in [0.25, 0.3) is 0 Å². The quantitative estimate of drug-likeness (QED) is 0.291. The van der Waals surface area contributed by atoms with Crippen LogP contribution in [0, 0.1) is 0 Å². The van der Waals surface area contributed by atoms with Crippen LogP contribution >= 0.6 is 7.82 Å². The van der Waals surface area contributed by atoms with E-state index in [0.29, 0.717) is 12.1 Å². The summed E-state index contributed by atoms with van der Waals surface area (Å²) in [6.07, 6.45) is 4.51. The molecule has 2 saturated carbocycles. The van der Waals surface area contributed by atoms with Gasteiger partial charge in [-0.05, 0) is 25.7 Å². The molecule has 0 spiro atoms. The molecule has 1 saturated heterocycles. The van der Waals surface area contributed by atoms with Crippen molar-refractivity contribution in [1.82, 2.24) is 0 Å². The molecule has 0 aromatic carbocycles. The third-order valence-electron chi connectivity index (χ3n) is 5.36. The van der Waals surface area contributed by atoms with Crippen LogP contribution in [0.1, 0.15) is 64.2 Å². The van der Waals surface area contributed by atoms with E-state index in [1.807, 2.05) is 0 Å². The molecule has 180 valence electrons. The number of ether oxygens (including phenoxy) is 1. The van der Waals surface area contributed by atoms with Crippen LogP contribution in [0.15, 0.2) is 0 Å². The van der Waals surface area contributed by atoms with Gasteiger partial charge in [-0.3, -0.25) is 4.52 Å². The second-order valence-corrected chi connectivity index (χ2v) is 9.25. The molecule has 30 heavy (non-hydrogen) atoms. The van der Waals surface area contributed by atoms with Crippen LogP contribution in [0.3, 0.4) is 0 Å². The van der Waals surface area contributed by atoms with Crippen molar-refractivity contribution in [1.29, 1.82) is 0 Å². The SMILES string of the molecule is NC1CCCCC1.NC1CCCCC1.O=P(O)(O)OC1O[C@@H](CF)[C@@H](O)[C@@H](O)[C@@H]1O. The smallest absolute Gasteiger partial charge is 0.387 e. The first kappa shape index (κ1) is 27.8. The van der Waals surface area contributed by atoms with Gasteiger partial charge in [-0.1, -0.05) is 38.5 Å². The summed E-state index contributed by atoms with van der Waals surface area (Å²) in [6.45, 7) is -1.20. The van der Waals surface area contributed by atoms with Crippen LogP contribution in [-0.4, -0.2) is 74.6 Å². The first-order chi connectivity index (χ1) is 14.0. The molecule has 3 aliphatic rings. The molecular formula is C18H38FN2O8P. The summed E-state index contributed by atoms with van der Waals surface area (Å²) in [5.41, 5.74) is 11.3. The van der Waals surface area contributed by atoms with Gasteiger partial charge < -0.3 is 41.3 Å². The number of hydrogen-bond acceptors (Lipinski definition) is 8. The fraction of sp³-hybridized carbons (Fsp3) is 1.00.